The molecule has 0 aromatic carbocycles. The number of aromatic nitrogens is 2. The van der Waals surface area contributed by atoms with Gasteiger partial charge in [0.2, 0.25) is 0 Å². The Morgan fingerprint density at radius 2 is 2.44 bits per heavy atom. The molecule has 1 saturated carbocycles. The van der Waals surface area contributed by atoms with Gasteiger partial charge in [-0.1, -0.05) is 11.8 Å². The van der Waals surface area contributed by atoms with E-state index in [-0.39, 0.29) is 5.56 Å². The van der Waals surface area contributed by atoms with Gasteiger partial charge in [0, 0.05) is 23.6 Å². The minimum Gasteiger partial charge on any atom is -0.480 e. The van der Waals surface area contributed by atoms with E-state index in [1.807, 2.05) is 0 Å². The Hall–Kier alpha value is -1.34. The van der Waals surface area contributed by atoms with Gasteiger partial charge in [0.15, 0.2) is 5.16 Å². The lowest BCUT2D eigenvalue weighted by Gasteiger charge is -2.12. The Morgan fingerprint density at radius 1 is 1.72 bits per heavy atom. The lowest BCUT2D eigenvalue weighted by Crippen LogP contribution is -2.40. The van der Waals surface area contributed by atoms with Crippen molar-refractivity contribution in [1.29, 1.82) is 0 Å². The van der Waals surface area contributed by atoms with Gasteiger partial charge in [0.25, 0.3) is 5.56 Å². The van der Waals surface area contributed by atoms with Gasteiger partial charge in [-0.25, -0.2) is 4.98 Å². The van der Waals surface area contributed by atoms with Crippen LogP contribution in [0.3, 0.4) is 0 Å². The van der Waals surface area contributed by atoms with Crippen LogP contribution in [0.5, 0.6) is 0 Å². The Labute approximate surface area is 108 Å². The third-order valence-electron chi connectivity index (χ3n) is 2.55. The number of aryl methyl sites for hydroxylation is 1. The summed E-state index contributed by atoms with van der Waals surface area (Å²) in [6.45, 7) is 1.73. The molecular formula is C11H15N3O3S. The number of nitrogens with zero attached hydrogens (tertiary/aromatic N) is 1. The molecule has 0 saturated heterocycles. The van der Waals surface area contributed by atoms with Gasteiger partial charge in [-0.15, -0.1) is 0 Å². The molecule has 1 atom stereocenters. The van der Waals surface area contributed by atoms with E-state index in [0.717, 1.165) is 12.8 Å². The third-order valence-corrected chi connectivity index (χ3v) is 3.51. The molecule has 7 heteroatoms. The second kappa shape index (κ2) is 5.53. The summed E-state index contributed by atoms with van der Waals surface area (Å²) in [4.78, 5) is 29.0. The summed E-state index contributed by atoms with van der Waals surface area (Å²) in [5.41, 5.74) is 0.412. The number of hydrogen-bond donors (Lipinski definition) is 3. The van der Waals surface area contributed by atoms with Crippen molar-refractivity contribution in [2.24, 2.45) is 0 Å². The van der Waals surface area contributed by atoms with E-state index >= 15 is 0 Å². The topological polar surface area (TPSA) is 95.1 Å². The molecule has 1 aliphatic carbocycles. The molecule has 3 N–H and O–H groups in total. The molecule has 0 radical (unpaired) electrons. The Bertz CT molecular complexity index is 499. The summed E-state index contributed by atoms with van der Waals surface area (Å²) >= 11 is 1.24. The molecule has 1 aromatic rings. The number of thioether (sulfide) groups is 1. The standard InChI is InChI=1S/C11H15N3O3S/c1-6-4-9(15)14-11(12-6)18-5-8(10(16)17)13-7-2-3-7/h4,7-8,13H,2-3,5H2,1H3,(H,16,17)(H,12,14,15). The molecule has 6 nitrogen and oxygen atoms in total. The zero-order chi connectivity index (χ0) is 13.1. The van der Waals surface area contributed by atoms with Gasteiger partial charge >= 0.3 is 5.97 Å². The van der Waals surface area contributed by atoms with Crippen molar-refractivity contribution < 1.29 is 9.90 Å². The molecule has 1 fully saturated rings. The monoisotopic (exact) mass is 269 g/mol. The van der Waals surface area contributed by atoms with Crippen molar-refractivity contribution in [3.05, 3.63) is 22.1 Å². The van der Waals surface area contributed by atoms with Gasteiger partial charge in [0.1, 0.15) is 6.04 Å². The smallest absolute Gasteiger partial charge is 0.321 e. The summed E-state index contributed by atoms with van der Waals surface area (Å²) in [6.07, 6.45) is 2.07. The number of aromatic amines is 1. The van der Waals surface area contributed by atoms with Gasteiger partial charge in [-0.2, -0.15) is 0 Å². The molecule has 2 rings (SSSR count). The summed E-state index contributed by atoms with van der Waals surface area (Å²) in [6, 6.07) is 1.13. The van der Waals surface area contributed by atoms with Crippen LogP contribution in [0.4, 0.5) is 0 Å². The summed E-state index contributed by atoms with van der Waals surface area (Å²) < 4.78 is 0. The average molecular weight is 269 g/mol. The third kappa shape index (κ3) is 3.85. The summed E-state index contributed by atoms with van der Waals surface area (Å²) in [7, 11) is 0. The highest BCUT2D eigenvalue weighted by Crippen LogP contribution is 2.21. The molecule has 0 bridgehead atoms. The van der Waals surface area contributed by atoms with Crippen LogP contribution < -0.4 is 10.9 Å². The van der Waals surface area contributed by atoms with Crippen LogP contribution in [-0.4, -0.2) is 38.9 Å². The lowest BCUT2D eigenvalue weighted by molar-refractivity contribution is -0.138. The van der Waals surface area contributed by atoms with Crippen molar-refractivity contribution >= 4 is 17.7 Å². The SMILES string of the molecule is Cc1cc(=O)[nH]c(SCC(NC2CC2)C(=O)O)n1. The normalized spacial score (nSPS) is 16.5. The molecule has 0 amide bonds. The molecule has 0 aliphatic heterocycles. The first kappa shape index (κ1) is 13.1. The molecule has 18 heavy (non-hydrogen) atoms. The second-order valence-corrected chi connectivity index (χ2v) is 5.34. The van der Waals surface area contributed by atoms with Gasteiger partial charge in [-0.3, -0.25) is 9.59 Å². The maximum absolute atomic E-state index is 11.2. The fourth-order valence-corrected chi connectivity index (χ4v) is 2.45. The van der Waals surface area contributed by atoms with Crippen molar-refractivity contribution in [1.82, 2.24) is 15.3 Å². The first-order valence-corrected chi connectivity index (χ1v) is 6.73. The van der Waals surface area contributed by atoms with Crippen LogP contribution in [0.1, 0.15) is 18.5 Å². The highest BCUT2D eigenvalue weighted by atomic mass is 32.2. The highest BCUT2D eigenvalue weighted by molar-refractivity contribution is 7.99. The van der Waals surface area contributed by atoms with E-state index in [9.17, 15) is 9.59 Å². The van der Waals surface area contributed by atoms with E-state index in [4.69, 9.17) is 5.11 Å². The van der Waals surface area contributed by atoms with Crippen LogP contribution in [0.15, 0.2) is 16.0 Å². The molecule has 98 valence electrons. The number of nitrogens with one attached hydrogen (secondary N) is 2. The van der Waals surface area contributed by atoms with E-state index in [1.165, 1.54) is 17.8 Å². The molecule has 1 aliphatic rings. The number of hydrogen-bond acceptors (Lipinski definition) is 5. The molecule has 1 aromatic heterocycles. The number of H-pyrrole nitrogens is 1. The Morgan fingerprint density at radius 3 is 3.00 bits per heavy atom. The lowest BCUT2D eigenvalue weighted by atomic mass is 10.3. The zero-order valence-electron chi connectivity index (χ0n) is 9.97. The van der Waals surface area contributed by atoms with E-state index in [2.05, 4.69) is 15.3 Å². The number of carboxylic acid groups (broad SMARTS) is 1. The number of rotatable bonds is 6. The molecule has 0 spiro atoms. The predicted octanol–water partition coefficient (Wildman–Crippen LogP) is 0.376. The maximum atomic E-state index is 11.2. The van der Waals surface area contributed by atoms with Gasteiger partial charge in [0.05, 0.1) is 0 Å². The molecule has 1 heterocycles. The number of aliphatic carboxylic acids is 1. The maximum Gasteiger partial charge on any atom is 0.321 e. The Balaban J connectivity index is 1.95. The summed E-state index contributed by atoms with van der Waals surface area (Å²) in [5, 5.41) is 12.6. The van der Waals surface area contributed by atoms with Crippen molar-refractivity contribution in [3.63, 3.8) is 0 Å². The zero-order valence-corrected chi connectivity index (χ0v) is 10.8. The second-order valence-electron chi connectivity index (χ2n) is 4.33. The highest BCUT2D eigenvalue weighted by Gasteiger charge is 2.28. The first-order chi connectivity index (χ1) is 8.54. The predicted molar refractivity (Wildman–Crippen MR) is 67.9 cm³/mol. The van der Waals surface area contributed by atoms with E-state index in [0.29, 0.717) is 22.6 Å². The van der Waals surface area contributed by atoms with Crippen LogP contribution in [0, 0.1) is 6.92 Å². The van der Waals surface area contributed by atoms with E-state index in [1.54, 1.807) is 6.92 Å². The number of carbonyl (C=O) groups is 1. The average Bonchev–Trinajstić information content (AvgIpc) is 3.06. The Kier molecular flexibility index (Phi) is 4.03. The van der Waals surface area contributed by atoms with Crippen LogP contribution in [0.2, 0.25) is 0 Å². The largest absolute Gasteiger partial charge is 0.480 e. The first-order valence-electron chi connectivity index (χ1n) is 5.74. The van der Waals surface area contributed by atoms with E-state index < -0.39 is 12.0 Å². The quantitative estimate of drug-likeness (QED) is 0.510. The molecular weight excluding hydrogens is 254 g/mol. The van der Waals surface area contributed by atoms with Crippen molar-refractivity contribution in [3.8, 4) is 0 Å². The minimum atomic E-state index is -0.871. The molecule has 1 unspecified atom stereocenters. The minimum absolute atomic E-state index is 0.216. The van der Waals surface area contributed by atoms with Crippen LogP contribution in [0.25, 0.3) is 0 Å². The fourth-order valence-electron chi connectivity index (χ4n) is 1.51. The summed E-state index contributed by atoms with van der Waals surface area (Å²) in [5.74, 6) is -0.525. The fraction of sp³-hybridized carbons (Fsp3) is 0.545. The number of carboxylic acids is 1. The van der Waals surface area contributed by atoms with Gasteiger partial charge in [-0.05, 0) is 19.8 Å². The van der Waals surface area contributed by atoms with Crippen LogP contribution in [-0.2, 0) is 4.79 Å². The van der Waals surface area contributed by atoms with Crippen molar-refractivity contribution in [2.75, 3.05) is 5.75 Å². The van der Waals surface area contributed by atoms with Crippen molar-refractivity contribution in [2.45, 2.75) is 37.0 Å². The van der Waals surface area contributed by atoms with Gasteiger partial charge < -0.3 is 15.4 Å². The van der Waals surface area contributed by atoms with Crippen LogP contribution >= 0.6 is 11.8 Å².